The van der Waals surface area contributed by atoms with Crippen LogP contribution in [0.5, 0.6) is 0 Å². The molecule has 1 atom stereocenters. The van der Waals surface area contributed by atoms with Crippen molar-refractivity contribution in [1.82, 2.24) is 9.78 Å². The second-order valence-corrected chi connectivity index (χ2v) is 6.95. The van der Waals surface area contributed by atoms with E-state index in [0.717, 1.165) is 18.5 Å². The third-order valence-electron chi connectivity index (χ3n) is 3.07. The van der Waals surface area contributed by atoms with Crippen LogP contribution in [0.4, 0.5) is 0 Å². The highest BCUT2D eigenvalue weighted by Crippen LogP contribution is 2.28. The Morgan fingerprint density at radius 3 is 2.28 bits per heavy atom. The first-order chi connectivity index (χ1) is 8.36. The van der Waals surface area contributed by atoms with Gasteiger partial charge in [0.25, 0.3) is 9.05 Å². The van der Waals surface area contributed by atoms with Gasteiger partial charge in [0.15, 0.2) is 0 Å². The zero-order chi connectivity index (χ0) is 13.9. The lowest BCUT2D eigenvalue weighted by Gasteiger charge is -2.14. The maximum atomic E-state index is 11.7. The van der Waals surface area contributed by atoms with Crippen molar-refractivity contribution in [1.29, 1.82) is 0 Å². The Balaban J connectivity index is 3.43. The van der Waals surface area contributed by atoms with Crippen LogP contribution in [0.2, 0.25) is 0 Å². The molecular weight excluding hydrogens is 272 g/mol. The molecule has 4 nitrogen and oxygen atoms in total. The van der Waals surface area contributed by atoms with Crippen LogP contribution < -0.4 is 0 Å². The van der Waals surface area contributed by atoms with Crippen LogP contribution in [0.1, 0.15) is 58.0 Å². The van der Waals surface area contributed by atoms with Gasteiger partial charge < -0.3 is 0 Å². The fourth-order valence-corrected chi connectivity index (χ4v) is 3.77. The summed E-state index contributed by atoms with van der Waals surface area (Å²) in [5, 5.41) is 4.44. The Hall–Kier alpha value is -0.550. The highest BCUT2D eigenvalue weighted by atomic mass is 35.7. The van der Waals surface area contributed by atoms with Crippen molar-refractivity contribution in [2.24, 2.45) is 0 Å². The second kappa shape index (κ2) is 6.06. The van der Waals surface area contributed by atoms with Crippen LogP contribution in [-0.2, 0) is 21.9 Å². The molecule has 0 amide bonds. The number of aromatic nitrogens is 2. The van der Waals surface area contributed by atoms with Crippen molar-refractivity contribution < 1.29 is 8.42 Å². The number of nitrogens with zero attached hydrogens (tertiary/aromatic N) is 2. The molecule has 6 heteroatoms. The zero-order valence-corrected chi connectivity index (χ0v) is 13.0. The van der Waals surface area contributed by atoms with E-state index in [1.165, 1.54) is 0 Å². The van der Waals surface area contributed by atoms with Gasteiger partial charge in [-0.3, -0.25) is 4.68 Å². The molecule has 0 saturated heterocycles. The van der Waals surface area contributed by atoms with Crippen molar-refractivity contribution in [3.63, 3.8) is 0 Å². The fourth-order valence-electron chi connectivity index (χ4n) is 2.25. The smallest absolute Gasteiger partial charge is 0.264 e. The minimum absolute atomic E-state index is 0.197. The Kier molecular flexibility index (Phi) is 5.22. The van der Waals surface area contributed by atoms with Crippen LogP contribution in [0.3, 0.4) is 0 Å². The standard InChI is InChI=1S/C12H21ClN2O2S/c1-5-8-9(4)15-11(7-3)12(18(13,16)17)10(6-2)14-15/h9H,5-8H2,1-4H3. The minimum Gasteiger partial charge on any atom is -0.265 e. The molecule has 0 aliphatic rings. The van der Waals surface area contributed by atoms with Crippen LogP contribution in [0.15, 0.2) is 4.90 Å². The fraction of sp³-hybridized carbons (Fsp3) is 0.750. The van der Waals surface area contributed by atoms with E-state index in [9.17, 15) is 8.42 Å². The molecular formula is C12H21ClN2O2S. The van der Waals surface area contributed by atoms with Crippen molar-refractivity contribution >= 4 is 19.7 Å². The Morgan fingerprint density at radius 1 is 1.28 bits per heavy atom. The first-order valence-electron chi connectivity index (χ1n) is 6.41. The third kappa shape index (κ3) is 3.06. The van der Waals surface area contributed by atoms with Gasteiger partial charge in [-0.05, 0) is 26.2 Å². The lowest BCUT2D eigenvalue weighted by atomic mass is 10.2. The largest absolute Gasteiger partial charge is 0.265 e. The third-order valence-corrected chi connectivity index (χ3v) is 4.49. The van der Waals surface area contributed by atoms with E-state index in [4.69, 9.17) is 10.7 Å². The van der Waals surface area contributed by atoms with Gasteiger partial charge in [-0.15, -0.1) is 0 Å². The lowest BCUT2D eigenvalue weighted by Crippen LogP contribution is -2.11. The predicted molar refractivity (Wildman–Crippen MR) is 73.6 cm³/mol. The molecule has 104 valence electrons. The van der Waals surface area contributed by atoms with Gasteiger partial charge in [0.2, 0.25) is 0 Å². The molecule has 0 saturated carbocycles. The molecule has 18 heavy (non-hydrogen) atoms. The first kappa shape index (κ1) is 15.5. The lowest BCUT2D eigenvalue weighted by molar-refractivity contribution is 0.437. The molecule has 1 heterocycles. The Morgan fingerprint density at radius 2 is 1.89 bits per heavy atom. The van der Waals surface area contributed by atoms with Crippen molar-refractivity contribution in [2.45, 2.75) is 64.3 Å². The van der Waals surface area contributed by atoms with Crippen LogP contribution in [-0.4, -0.2) is 18.2 Å². The number of hydrogen-bond acceptors (Lipinski definition) is 3. The van der Waals surface area contributed by atoms with Crippen LogP contribution >= 0.6 is 10.7 Å². The van der Waals surface area contributed by atoms with E-state index < -0.39 is 9.05 Å². The topological polar surface area (TPSA) is 52.0 Å². The summed E-state index contributed by atoms with van der Waals surface area (Å²) in [5.41, 5.74) is 1.30. The van der Waals surface area contributed by atoms with Gasteiger partial charge in [-0.2, -0.15) is 5.10 Å². The maximum Gasteiger partial charge on any atom is 0.264 e. The molecule has 1 aromatic rings. The normalized spacial score (nSPS) is 13.8. The van der Waals surface area contributed by atoms with Gasteiger partial charge >= 0.3 is 0 Å². The number of rotatable bonds is 6. The molecule has 1 rings (SSSR count). The van der Waals surface area contributed by atoms with Gasteiger partial charge in [0, 0.05) is 16.7 Å². The van der Waals surface area contributed by atoms with Crippen LogP contribution in [0, 0.1) is 0 Å². The summed E-state index contributed by atoms with van der Waals surface area (Å²) in [7, 11) is 1.81. The van der Waals surface area contributed by atoms with E-state index in [0.29, 0.717) is 18.5 Å². The molecule has 0 fully saturated rings. The van der Waals surface area contributed by atoms with Crippen molar-refractivity contribution in [3.05, 3.63) is 11.4 Å². The second-order valence-electron chi connectivity index (χ2n) is 4.45. The molecule has 0 aromatic carbocycles. The molecule has 0 radical (unpaired) electrons. The predicted octanol–water partition coefficient (Wildman–Crippen LogP) is 3.30. The zero-order valence-electron chi connectivity index (χ0n) is 11.4. The summed E-state index contributed by atoms with van der Waals surface area (Å²) >= 11 is 0. The average Bonchev–Trinajstić information content (AvgIpc) is 2.67. The maximum absolute atomic E-state index is 11.7. The molecule has 0 aliphatic carbocycles. The van der Waals surface area contributed by atoms with Gasteiger partial charge in [0.05, 0.1) is 11.4 Å². The van der Waals surface area contributed by atoms with E-state index in [1.54, 1.807) is 0 Å². The molecule has 0 spiro atoms. The van der Waals surface area contributed by atoms with E-state index in [2.05, 4.69) is 18.9 Å². The van der Waals surface area contributed by atoms with Crippen LogP contribution in [0.25, 0.3) is 0 Å². The SMILES string of the molecule is CCCC(C)n1nc(CC)c(S(=O)(=O)Cl)c1CC. The van der Waals surface area contributed by atoms with E-state index >= 15 is 0 Å². The highest BCUT2D eigenvalue weighted by molar-refractivity contribution is 8.13. The summed E-state index contributed by atoms with van der Waals surface area (Å²) in [4.78, 5) is 0.220. The number of hydrogen-bond donors (Lipinski definition) is 0. The number of halogens is 1. The highest BCUT2D eigenvalue weighted by Gasteiger charge is 2.26. The summed E-state index contributed by atoms with van der Waals surface area (Å²) in [6.07, 6.45) is 3.19. The summed E-state index contributed by atoms with van der Waals surface area (Å²) in [6.45, 7) is 7.98. The molecule has 0 aliphatic heterocycles. The monoisotopic (exact) mass is 292 g/mol. The Labute approximate surface area is 114 Å². The van der Waals surface area contributed by atoms with Gasteiger partial charge in [-0.25, -0.2) is 8.42 Å². The quantitative estimate of drug-likeness (QED) is 0.756. The molecule has 1 unspecified atom stereocenters. The van der Waals surface area contributed by atoms with Gasteiger partial charge in [0.1, 0.15) is 4.90 Å². The summed E-state index contributed by atoms with van der Waals surface area (Å²) < 4.78 is 25.2. The van der Waals surface area contributed by atoms with E-state index in [1.807, 2.05) is 18.5 Å². The molecule has 0 bridgehead atoms. The number of aryl methyl sites for hydroxylation is 1. The van der Waals surface area contributed by atoms with Gasteiger partial charge in [-0.1, -0.05) is 27.2 Å². The first-order valence-corrected chi connectivity index (χ1v) is 8.72. The van der Waals surface area contributed by atoms with E-state index in [-0.39, 0.29) is 10.9 Å². The minimum atomic E-state index is -3.73. The Bertz CT molecular complexity index is 508. The van der Waals surface area contributed by atoms with Crippen molar-refractivity contribution in [2.75, 3.05) is 0 Å². The summed E-state index contributed by atoms with van der Waals surface area (Å²) in [5.74, 6) is 0. The van der Waals surface area contributed by atoms with Crippen molar-refractivity contribution in [3.8, 4) is 0 Å². The molecule has 1 aromatic heterocycles. The molecule has 0 N–H and O–H groups in total. The summed E-state index contributed by atoms with van der Waals surface area (Å²) in [6, 6.07) is 0.197. The average molecular weight is 293 g/mol.